The number of fused-ring (bicyclic) bond motifs is 1. The molecule has 170 valence electrons. The van der Waals surface area contributed by atoms with Gasteiger partial charge in [0, 0.05) is 34.2 Å². The minimum atomic E-state index is -0.498. The van der Waals surface area contributed by atoms with Crippen LogP contribution in [0.3, 0.4) is 0 Å². The number of anilines is 2. The topological polar surface area (TPSA) is 64.8 Å². The number of likely N-dealkylation sites (tertiary alicyclic amines) is 1. The van der Waals surface area contributed by atoms with Gasteiger partial charge in [0.15, 0.2) is 0 Å². The van der Waals surface area contributed by atoms with Crippen LogP contribution in [0.4, 0.5) is 15.9 Å². The Balaban J connectivity index is 1.32. The lowest BCUT2D eigenvalue weighted by molar-refractivity contribution is 0.282. The largest absolute Gasteiger partial charge is 0.340 e. The van der Waals surface area contributed by atoms with Gasteiger partial charge in [0.1, 0.15) is 17.7 Å². The summed E-state index contributed by atoms with van der Waals surface area (Å²) in [6.45, 7) is 2.27. The van der Waals surface area contributed by atoms with Gasteiger partial charge >= 0.3 is 0 Å². The van der Waals surface area contributed by atoms with E-state index >= 15 is 0 Å². The van der Waals surface area contributed by atoms with Crippen LogP contribution in [0, 0.1) is 17.1 Å². The summed E-state index contributed by atoms with van der Waals surface area (Å²) in [6.07, 6.45) is 4.20. The molecule has 0 spiro atoms. The Bertz CT molecular complexity index is 1360. The number of hydrogen-bond acceptors (Lipinski definition) is 6. The molecule has 1 N–H and O–H groups in total. The molecule has 4 aromatic rings. The van der Waals surface area contributed by atoms with E-state index in [2.05, 4.69) is 34.4 Å². The van der Waals surface area contributed by atoms with Crippen LogP contribution in [0.1, 0.15) is 18.4 Å². The fourth-order valence-corrected chi connectivity index (χ4v) is 5.21. The summed E-state index contributed by atoms with van der Waals surface area (Å²) < 4.78 is 14.5. The second kappa shape index (κ2) is 9.80. The minimum Gasteiger partial charge on any atom is -0.340 e. The maximum Gasteiger partial charge on any atom is 0.148 e. The SMILES string of the molecule is CN1CCC(Sc2ccc3cnc(Nc4ccc(-c5cccc(C#N)c5F)cc4)cc3n2)CC1. The Morgan fingerprint density at radius 2 is 1.88 bits per heavy atom. The van der Waals surface area contributed by atoms with Crippen molar-refractivity contribution in [2.75, 3.05) is 25.5 Å². The number of halogens is 1. The van der Waals surface area contributed by atoms with Crippen LogP contribution in [0.5, 0.6) is 0 Å². The van der Waals surface area contributed by atoms with Gasteiger partial charge in [-0.15, -0.1) is 11.8 Å². The van der Waals surface area contributed by atoms with E-state index in [-0.39, 0.29) is 5.56 Å². The van der Waals surface area contributed by atoms with Crippen molar-refractivity contribution in [3.05, 3.63) is 78.2 Å². The van der Waals surface area contributed by atoms with Gasteiger partial charge in [-0.05, 0) is 68.9 Å². The van der Waals surface area contributed by atoms with Gasteiger partial charge in [-0.1, -0.05) is 24.3 Å². The lowest BCUT2D eigenvalue weighted by atomic mass is 10.0. The summed E-state index contributed by atoms with van der Waals surface area (Å²) in [5, 5.41) is 15.0. The smallest absolute Gasteiger partial charge is 0.148 e. The fraction of sp³-hybridized carbons (Fsp3) is 0.222. The van der Waals surface area contributed by atoms with Crippen LogP contribution in [0.25, 0.3) is 22.0 Å². The first-order valence-electron chi connectivity index (χ1n) is 11.3. The van der Waals surface area contributed by atoms with Crippen molar-refractivity contribution in [1.82, 2.24) is 14.9 Å². The molecule has 0 bridgehead atoms. The summed E-state index contributed by atoms with van der Waals surface area (Å²) in [6, 6.07) is 20.3. The molecule has 0 radical (unpaired) electrons. The molecule has 0 unspecified atom stereocenters. The quantitative estimate of drug-likeness (QED) is 0.373. The maximum absolute atomic E-state index is 14.5. The van der Waals surface area contributed by atoms with Crippen LogP contribution in [0.15, 0.2) is 71.9 Å². The van der Waals surface area contributed by atoms with E-state index in [1.54, 1.807) is 12.1 Å². The highest BCUT2D eigenvalue weighted by atomic mass is 32.2. The second-order valence-corrected chi connectivity index (χ2v) is 9.83. The zero-order valence-electron chi connectivity index (χ0n) is 18.8. The molecule has 1 aliphatic heterocycles. The second-order valence-electron chi connectivity index (χ2n) is 8.51. The predicted molar refractivity (Wildman–Crippen MR) is 136 cm³/mol. The third-order valence-electron chi connectivity index (χ3n) is 6.09. The monoisotopic (exact) mass is 469 g/mol. The molecule has 0 atom stereocenters. The van der Waals surface area contributed by atoms with Crippen LogP contribution in [-0.2, 0) is 0 Å². The molecule has 5 nitrogen and oxygen atoms in total. The minimum absolute atomic E-state index is 0.0425. The first-order chi connectivity index (χ1) is 16.6. The van der Waals surface area contributed by atoms with E-state index in [1.807, 2.05) is 54.4 Å². The molecule has 3 heterocycles. The third-order valence-corrected chi connectivity index (χ3v) is 7.36. The Morgan fingerprint density at radius 3 is 2.65 bits per heavy atom. The first-order valence-corrected chi connectivity index (χ1v) is 12.1. The van der Waals surface area contributed by atoms with Crippen molar-refractivity contribution < 1.29 is 4.39 Å². The van der Waals surface area contributed by atoms with Gasteiger partial charge in [-0.25, -0.2) is 14.4 Å². The number of aromatic nitrogens is 2. The molecule has 5 rings (SSSR count). The van der Waals surface area contributed by atoms with Gasteiger partial charge in [-0.3, -0.25) is 0 Å². The number of nitriles is 1. The van der Waals surface area contributed by atoms with Gasteiger partial charge in [0.2, 0.25) is 0 Å². The van der Waals surface area contributed by atoms with E-state index in [9.17, 15) is 4.39 Å². The highest BCUT2D eigenvalue weighted by Crippen LogP contribution is 2.31. The highest BCUT2D eigenvalue weighted by molar-refractivity contribution is 7.99. The normalized spacial score (nSPS) is 14.7. The Morgan fingerprint density at radius 1 is 1.09 bits per heavy atom. The van der Waals surface area contributed by atoms with E-state index in [1.165, 1.54) is 18.9 Å². The molecule has 0 amide bonds. The Labute approximate surface area is 202 Å². The van der Waals surface area contributed by atoms with E-state index in [4.69, 9.17) is 10.2 Å². The maximum atomic E-state index is 14.5. The van der Waals surface area contributed by atoms with Gasteiger partial charge in [-0.2, -0.15) is 5.26 Å². The number of piperidine rings is 1. The standard InChI is InChI=1S/C27H24FN5S/c1-33-13-11-22(12-14-33)34-26-10-7-20-17-30-25(15-24(20)32-26)31-21-8-5-18(6-9-21)23-4-2-3-19(16-29)27(23)28/h2-10,15,17,22H,11-14H2,1H3,(H,30,31). The summed E-state index contributed by atoms with van der Waals surface area (Å²) in [5.74, 6) is 0.203. The Hall–Kier alpha value is -3.47. The van der Waals surface area contributed by atoms with Crippen molar-refractivity contribution in [2.24, 2.45) is 0 Å². The predicted octanol–water partition coefficient (Wildman–Crippen LogP) is 6.24. The van der Waals surface area contributed by atoms with Crippen LogP contribution < -0.4 is 5.32 Å². The molecule has 2 aromatic carbocycles. The zero-order valence-corrected chi connectivity index (χ0v) is 19.6. The van der Waals surface area contributed by atoms with Crippen molar-refractivity contribution in [1.29, 1.82) is 5.26 Å². The summed E-state index contributed by atoms with van der Waals surface area (Å²) in [4.78, 5) is 11.8. The number of thioether (sulfide) groups is 1. The number of nitrogens with one attached hydrogen (secondary N) is 1. The van der Waals surface area contributed by atoms with Crippen LogP contribution in [0.2, 0.25) is 0 Å². The van der Waals surface area contributed by atoms with Crippen LogP contribution >= 0.6 is 11.8 Å². The third kappa shape index (κ3) is 4.89. The number of nitrogens with zero attached hydrogens (tertiary/aromatic N) is 4. The summed E-state index contributed by atoms with van der Waals surface area (Å²) in [7, 11) is 2.18. The lowest BCUT2D eigenvalue weighted by Crippen LogP contribution is -2.31. The lowest BCUT2D eigenvalue weighted by Gasteiger charge is -2.28. The van der Waals surface area contributed by atoms with Crippen molar-refractivity contribution in [3.8, 4) is 17.2 Å². The van der Waals surface area contributed by atoms with E-state index in [0.29, 0.717) is 22.2 Å². The van der Waals surface area contributed by atoms with E-state index < -0.39 is 5.82 Å². The molecule has 1 saturated heterocycles. The number of pyridine rings is 2. The van der Waals surface area contributed by atoms with Gasteiger partial charge < -0.3 is 10.2 Å². The molecule has 7 heteroatoms. The number of rotatable bonds is 5. The summed E-state index contributed by atoms with van der Waals surface area (Å²) >= 11 is 1.87. The Kier molecular flexibility index (Phi) is 6.43. The molecule has 2 aromatic heterocycles. The molecular weight excluding hydrogens is 445 g/mol. The van der Waals surface area contributed by atoms with Crippen molar-refractivity contribution >= 4 is 34.2 Å². The van der Waals surface area contributed by atoms with Crippen LogP contribution in [-0.4, -0.2) is 40.3 Å². The van der Waals surface area contributed by atoms with Crippen molar-refractivity contribution in [3.63, 3.8) is 0 Å². The van der Waals surface area contributed by atoms with E-state index in [0.717, 1.165) is 34.7 Å². The molecule has 1 fully saturated rings. The average molecular weight is 470 g/mol. The first kappa shape index (κ1) is 22.3. The van der Waals surface area contributed by atoms with Crippen molar-refractivity contribution in [2.45, 2.75) is 23.1 Å². The summed E-state index contributed by atoms with van der Waals surface area (Å²) in [5.41, 5.74) is 2.91. The molecule has 0 aliphatic carbocycles. The average Bonchev–Trinajstić information content (AvgIpc) is 2.86. The molecule has 0 saturated carbocycles. The fourth-order valence-electron chi connectivity index (χ4n) is 4.13. The number of benzene rings is 2. The molecular formula is C27H24FN5S. The molecule has 1 aliphatic rings. The highest BCUT2D eigenvalue weighted by Gasteiger charge is 2.18. The zero-order chi connectivity index (χ0) is 23.5. The number of hydrogen-bond donors (Lipinski definition) is 1. The van der Waals surface area contributed by atoms with Gasteiger partial charge in [0.05, 0.1) is 16.1 Å². The molecule has 34 heavy (non-hydrogen) atoms. The van der Waals surface area contributed by atoms with Gasteiger partial charge in [0.25, 0.3) is 0 Å².